The van der Waals surface area contributed by atoms with Crippen LogP contribution >= 0.6 is 0 Å². The number of nitrogens with one attached hydrogen (secondary N) is 1. The van der Waals surface area contributed by atoms with Crippen LogP contribution in [-0.4, -0.2) is 110 Å². The van der Waals surface area contributed by atoms with Gasteiger partial charge in [-0.2, -0.15) is 4.31 Å². The molecule has 16 heteroatoms. The van der Waals surface area contributed by atoms with Gasteiger partial charge in [0.15, 0.2) is 6.29 Å². The number of aromatic nitrogens is 3. The van der Waals surface area contributed by atoms with Crippen molar-refractivity contribution in [1.29, 1.82) is 0 Å². The number of benzene rings is 2. The molecule has 6 atom stereocenters. The van der Waals surface area contributed by atoms with E-state index in [2.05, 4.69) is 15.6 Å². The number of rotatable bonds is 15. The number of ether oxygens (including phenoxy) is 2. The van der Waals surface area contributed by atoms with Crippen LogP contribution in [0.15, 0.2) is 65.7 Å². The van der Waals surface area contributed by atoms with E-state index in [1.165, 1.54) is 29.9 Å². The van der Waals surface area contributed by atoms with Crippen molar-refractivity contribution < 1.29 is 47.9 Å². The van der Waals surface area contributed by atoms with Gasteiger partial charge in [-0.05, 0) is 35.6 Å². The van der Waals surface area contributed by atoms with Gasteiger partial charge >= 0.3 is 5.97 Å². The number of carboxylic acid groups (broad SMARTS) is 1. The third kappa shape index (κ3) is 8.78. The molecule has 0 radical (unpaired) electrons. The Morgan fingerprint density at radius 2 is 1.72 bits per heavy atom. The summed E-state index contributed by atoms with van der Waals surface area (Å²) in [4.78, 5) is 23.9. The van der Waals surface area contributed by atoms with E-state index in [4.69, 9.17) is 9.47 Å². The predicted molar refractivity (Wildman–Crippen MR) is 167 cm³/mol. The molecule has 0 saturated carbocycles. The second kappa shape index (κ2) is 15.9. The van der Waals surface area contributed by atoms with Gasteiger partial charge in [-0.15, -0.1) is 5.10 Å². The summed E-state index contributed by atoms with van der Waals surface area (Å²) in [6.45, 7) is 3.91. The summed E-state index contributed by atoms with van der Waals surface area (Å²) < 4.78 is 41.4. The first-order valence-corrected chi connectivity index (χ1v) is 16.6. The highest BCUT2D eigenvalue weighted by Gasteiger charge is 2.45. The molecule has 0 aliphatic carbocycles. The lowest BCUT2D eigenvalue weighted by atomic mass is 9.97. The number of aliphatic carboxylic acids is 1. The van der Waals surface area contributed by atoms with Gasteiger partial charge in [0.05, 0.1) is 30.3 Å². The molecule has 256 valence electrons. The molecule has 1 saturated heterocycles. The third-order valence-corrected chi connectivity index (χ3v) is 9.57. The number of carbonyl (C=O) groups excluding carboxylic acids is 1. The maximum absolute atomic E-state index is 13.9. The highest BCUT2D eigenvalue weighted by atomic mass is 32.2. The topological polar surface area (TPSA) is 214 Å². The average Bonchev–Trinajstić information content (AvgIpc) is 3.49. The molecular weight excluding hydrogens is 634 g/mol. The number of carboxylic acids is 1. The molecule has 1 amide bonds. The first kappa shape index (κ1) is 36.1. The predicted octanol–water partition coefficient (Wildman–Crippen LogP) is 0.596. The Hall–Kier alpha value is -3.77. The fraction of sp³-hybridized carbons (Fsp3) is 0.484. The number of hydrogen-bond acceptors (Lipinski definition) is 11. The Morgan fingerprint density at radius 1 is 1.06 bits per heavy atom. The zero-order chi connectivity index (χ0) is 34.3. The lowest BCUT2D eigenvalue weighted by Crippen LogP contribution is -2.64. The number of sulfonamides is 1. The van der Waals surface area contributed by atoms with Gasteiger partial charge < -0.3 is 35.2 Å². The number of aryl methyl sites for hydroxylation is 1. The van der Waals surface area contributed by atoms with E-state index >= 15 is 0 Å². The molecular formula is C31H41N5O10S. The van der Waals surface area contributed by atoms with Gasteiger partial charge in [-0.25, -0.2) is 8.42 Å². The summed E-state index contributed by atoms with van der Waals surface area (Å²) >= 11 is 0. The molecule has 2 heterocycles. The van der Waals surface area contributed by atoms with Crippen LogP contribution in [0.2, 0.25) is 0 Å². The minimum absolute atomic E-state index is 0.0582. The number of aliphatic hydroxyl groups excluding tert-OH is 3. The molecule has 4 rings (SSSR count). The van der Waals surface area contributed by atoms with Crippen molar-refractivity contribution in [2.24, 2.45) is 5.92 Å². The largest absolute Gasteiger partial charge is 0.480 e. The lowest BCUT2D eigenvalue weighted by molar-refractivity contribution is -0.270. The normalized spacial score (nSPS) is 22.3. The minimum Gasteiger partial charge on any atom is -0.480 e. The van der Waals surface area contributed by atoms with E-state index in [0.29, 0.717) is 6.42 Å². The van der Waals surface area contributed by atoms with Crippen LogP contribution in [0.3, 0.4) is 0 Å². The van der Waals surface area contributed by atoms with E-state index in [1.54, 1.807) is 26.0 Å². The van der Waals surface area contributed by atoms with Crippen molar-refractivity contribution in [2.75, 3.05) is 13.2 Å². The fourth-order valence-corrected chi connectivity index (χ4v) is 7.06. The highest BCUT2D eigenvalue weighted by Crippen LogP contribution is 2.27. The van der Waals surface area contributed by atoms with E-state index < -0.39 is 71.1 Å². The van der Waals surface area contributed by atoms with Crippen LogP contribution in [0.1, 0.15) is 32.9 Å². The summed E-state index contributed by atoms with van der Waals surface area (Å²) in [6, 6.07) is 13.2. The molecule has 47 heavy (non-hydrogen) atoms. The van der Waals surface area contributed by atoms with Crippen LogP contribution in [0.25, 0.3) is 11.1 Å². The van der Waals surface area contributed by atoms with Crippen molar-refractivity contribution in [3.05, 3.63) is 66.5 Å². The zero-order valence-corrected chi connectivity index (χ0v) is 27.1. The summed E-state index contributed by atoms with van der Waals surface area (Å²) in [6.07, 6.45) is -3.27. The Morgan fingerprint density at radius 3 is 2.32 bits per heavy atom. The summed E-state index contributed by atoms with van der Waals surface area (Å²) in [7, 11) is -4.29. The van der Waals surface area contributed by atoms with Crippen LogP contribution in [0.5, 0.6) is 0 Å². The summed E-state index contributed by atoms with van der Waals surface area (Å²) in [5.74, 6) is -2.33. The molecule has 15 nitrogen and oxygen atoms in total. The maximum atomic E-state index is 13.9. The second-order valence-electron chi connectivity index (χ2n) is 11.6. The molecule has 1 fully saturated rings. The monoisotopic (exact) mass is 675 g/mol. The zero-order valence-electron chi connectivity index (χ0n) is 26.3. The fourth-order valence-electron chi connectivity index (χ4n) is 5.38. The first-order valence-electron chi connectivity index (χ1n) is 15.1. The average molecular weight is 676 g/mol. The summed E-state index contributed by atoms with van der Waals surface area (Å²) in [5.41, 5.74) is 1.95. The Balaban J connectivity index is 1.45. The standard InChI is InChI=1S/C31H41N5O10S/c1-19(2)27(30(41)42)36(47(43,44)24-12-10-22(11-13-24)21-8-5-4-6-9-21)17-23-16-35(34-33-23)14-7-15-45-31-26(32-20(3)38)29(40)28(39)25(18-37)46-31/h4-6,8-13,16,19,25-29,31,37,39-40H,7,14-15,17-18H2,1-3H3,(H,32,38)(H,41,42)/t25-,26-,27-,28-,29-,31-/m1/s1. The molecule has 5 N–H and O–H groups in total. The Kier molecular flexibility index (Phi) is 12.2. The van der Waals surface area contributed by atoms with Gasteiger partial charge in [0.2, 0.25) is 15.9 Å². The number of hydrogen-bond donors (Lipinski definition) is 5. The minimum atomic E-state index is -4.29. The lowest BCUT2D eigenvalue weighted by Gasteiger charge is -2.42. The number of aliphatic hydroxyl groups is 3. The van der Waals surface area contributed by atoms with Crippen molar-refractivity contribution >= 4 is 21.9 Å². The van der Waals surface area contributed by atoms with Crippen LogP contribution in [-0.2, 0) is 42.2 Å². The van der Waals surface area contributed by atoms with E-state index in [0.717, 1.165) is 15.4 Å². The smallest absolute Gasteiger partial charge is 0.322 e. The molecule has 0 bridgehead atoms. The first-order chi connectivity index (χ1) is 22.3. The third-order valence-electron chi connectivity index (χ3n) is 7.73. The Bertz CT molecular complexity index is 1590. The second-order valence-corrected chi connectivity index (χ2v) is 13.5. The highest BCUT2D eigenvalue weighted by molar-refractivity contribution is 7.89. The van der Waals surface area contributed by atoms with Gasteiger partial charge in [-0.3, -0.25) is 14.3 Å². The number of amides is 1. The Labute approximate surface area is 272 Å². The van der Waals surface area contributed by atoms with E-state index in [9.17, 15) is 38.4 Å². The van der Waals surface area contributed by atoms with Gasteiger partial charge in [0, 0.05) is 19.7 Å². The SMILES string of the molecule is CC(=O)N[C@H]1[C@H](OCCCn2cc(CN([C@@H](C(=O)O)C(C)C)S(=O)(=O)c3ccc(-c4ccccc4)cc3)nn2)O[C@H](CO)[C@@H](O)[C@@H]1O. The van der Waals surface area contributed by atoms with E-state index in [-0.39, 0.29) is 30.3 Å². The molecule has 1 aromatic heterocycles. The van der Waals surface area contributed by atoms with Gasteiger partial charge in [0.1, 0.15) is 30.4 Å². The van der Waals surface area contributed by atoms with Crippen molar-refractivity contribution in [1.82, 2.24) is 24.6 Å². The molecule has 2 aromatic carbocycles. The number of carbonyl (C=O) groups is 2. The molecule has 1 aliphatic rings. The van der Waals surface area contributed by atoms with Crippen LogP contribution < -0.4 is 5.32 Å². The van der Waals surface area contributed by atoms with Crippen molar-refractivity contribution in [3.63, 3.8) is 0 Å². The maximum Gasteiger partial charge on any atom is 0.322 e. The number of nitrogens with zero attached hydrogens (tertiary/aromatic N) is 4. The van der Waals surface area contributed by atoms with Gasteiger partial charge in [0.25, 0.3) is 0 Å². The van der Waals surface area contributed by atoms with Crippen molar-refractivity contribution in [2.45, 2.75) is 81.9 Å². The molecule has 0 spiro atoms. The molecule has 0 unspecified atom stereocenters. The van der Waals surface area contributed by atoms with E-state index in [1.807, 2.05) is 30.3 Å². The molecule has 3 aromatic rings. The quantitative estimate of drug-likeness (QED) is 0.140. The molecule has 1 aliphatic heterocycles. The van der Waals surface area contributed by atoms with Crippen LogP contribution in [0, 0.1) is 5.92 Å². The van der Waals surface area contributed by atoms with Crippen molar-refractivity contribution in [3.8, 4) is 11.1 Å². The summed E-state index contributed by atoms with van der Waals surface area (Å²) in [5, 5.41) is 50.7. The van der Waals surface area contributed by atoms with Gasteiger partial charge in [-0.1, -0.05) is 61.5 Å². The van der Waals surface area contributed by atoms with Crippen LogP contribution in [0.4, 0.5) is 0 Å².